The first-order valence-electron chi connectivity index (χ1n) is 26.2. The molecule has 0 saturated heterocycles. The fourth-order valence-corrected chi connectivity index (χ4v) is 8.40. The van der Waals surface area contributed by atoms with Crippen LogP contribution in [0.25, 0.3) is 0 Å². The second kappa shape index (κ2) is 48.1. The van der Waals surface area contributed by atoms with E-state index in [0.29, 0.717) is 12.8 Å². The van der Waals surface area contributed by atoms with Crippen LogP contribution in [0.5, 0.6) is 0 Å². The fourth-order valence-electron chi connectivity index (χ4n) is 8.40. The van der Waals surface area contributed by atoms with Crippen molar-refractivity contribution in [1.82, 2.24) is 5.32 Å². The van der Waals surface area contributed by atoms with E-state index >= 15 is 0 Å². The van der Waals surface area contributed by atoms with Gasteiger partial charge in [-0.15, -0.1) is 0 Å². The van der Waals surface area contributed by atoms with Crippen LogP contribution in [0.2, 0.25) is 0 Å². The van der Waals surface area contributed by atoms with E-state index in [1.807, 2.05) is 0 Å². The Hall–Kier alpha value is -1.59. The van der Waals surface area contributed by atoms with Gasteiger partial charge in [-0.2, -0.15) is 0 Å². The highest BCUT2D eigenvalue weighted by atomic mass is 16.5. The van der Waals surface area contributed by atoms with Gasteiger partial charge in [0.2, 0.25) is 5.91 Å². The number of amides is 1. The molecule has 0 aromatic carbocycles. The molecule has 0 aliphatic rings. The lowest BCUT2D eigenvalue weighted by molar-refractivity contribution is -0.150. The lowest BCUT2D eigenvalue weighted by Crippen LogP contribution is -2.28. The first kappa shape index (κ1) is 56.4. The summed E-state index contributed by atoms with van der Waals surface area (Å²) in [6, 6.07) is 0. The highest BCUT2D eigenvalue weighted by Crippen LogP contribution is 2.20. The normalized spacial score (nSPS) is 11.9. The SMILES string of the molecule is CCCCCCCCCCCCCCCCCCCCCCCC(=O)OC(CCCCCCCCCCCCCCCCC)CCCCCCCC(=O)NCC(=O)O. The molecule has 0 spiro atoms. The first-order valence-corrected chi connectivity index (χ1v) is 26.2. The molecule has 1 amide bonds. The molecule has 0 fully saturated rings. The van der Waals surface area contributed by atoms with Gasteiger partial charge in [0.1, 0.15) is 12.6 Å². The summed E-state index contributed by atoms with van der Waals surface area (Å²) in [6.07, 6.45) is 56.8. The third kappa shape index (κ3) is 47.1. The molecule has 1 atom stereocenters. The summed E-state index contributed by atoms with van der Waals surface area (Å²) in [5, 5.41) is 11.1. The van der Waals surface area contributed by atoms with Crippen LogP contribution in [-0.4, -0.2) is 35.6 Å². The molecule has 0 aromatic rings. The van der Waals surface area contributed by atoms with E-state index in [1.54, 1.807) is 0 Å². The minimum Gasteiger partial charge on any atom is -0.480 e. The van der Waals surface area contributed by atoms with E-state index in [-0.39, 0.29) is 24.5 Å². The minimum atomic E-state index is -1.01. The van der Waals surface area contributed by atoms with Crippen molar-refractivity contribution in [3.05, 3.63) is 0 Å². The predicted octanol–water partition coefficient (Wildman–Crippen LogP) is 16.7. The van der Waals surface area contributed by atoms with Crippen molar-refractivity contribution >= 4 is 17.8 Å². The Morgan fingerprint density at radius 1 is 0.379 bits per heavy atom. The number of carbonyl (C=O) groups excluding carboxylic acids is 2. The van der Waals surface area contributed by atoms with Gasteiger partial charge in [-0.1, -0.05) is 251 Å². The summed E-state index contributed by atoms with van der Waals surface area (Å²) in [7, 11) is 0. The molecular formula is C52H101NO5. The average Bonchev–Trinajstić information content (AvgIpc) is 3.21. The molecule has 0 saturated carbocycles. The topological polar surface area (TPSA) is 92.7 Å². The third-order valence-electron chi connectivity index (χ3n) is 12.3. The van der Waals surface area contributed by atoms with Gasteiger partial charge in [-0.05, 0) is 38.5 Å². The van der Waals surface area contributed by atoms with Crippen LogP contribution in [0.4, 0.5) is 0 Å². The second-order valence-electron chi connectivity index (χ2n) is 18.1. The van der Waals surface area contributed by atoms with Crippen molar-refractivity contribution in [3.63, 3.8) is 0 Å². The van der Waals surface area contributed by atoms with Crippen molar-refractivity contribution in [1.29, 1.82) is 0 Å². The zero-order valence-electron chi connectivity index (χ0n) is 39.2. The van der Waals surface area contributed by atoms with Crippen LogP contribution in [0.3, 0.4) is 0 Å². The summed E-state index contributed by atoms with van der Waals surface area (Å²) < 4.78 is 6.08. The molecular weight excluding hydrogens is 719 g/mol. The molecule has 0 rings (SSSR count). The van der Waals surface area contributed by atoms with Crippen LogP contribution in [0.15, 0.2) is 0 Å². The highest BCUT2D eigenvalue weighted by Gasteiger charge is 2.14. The summed E-state index contributed by atoms with van der Waals surface area (Å²) >= 11 is 0. The largest absolute Gasteiger partial charge is 0.480 e. The van der Waals surface area contributed by atoms with Crippen molar-refractivity contribution < 1.29 is 24.2 Å². The summed E-state index contributed by atoms with van der Waals surface area (Å²) in [4.78, 5) is 35.2. The fraction of sp³-hybridized carbons (Fsp3) is 0.942. The van der Waals surface area contributed by atoms with Gasteiger partial charge in [0.05, 0.1) is 0 Å². The lowest BCUT2D eigenvalue weighted by atomic mass is 10.0. The molecule has 0 bridgehead atoms. The Labute approximate surface area is 361 Å². The number of ether oxygens (including phenoxy) is 1. The molecule has 0 heterocycles. The number of carboxylic acid groups (broad SMARTS) is 1. The standard InChI is InChI=1S/C52H101NO5/c1-3-5-7-9-11-13-15-17-19-20-21-22-23-24-26-28-30-32-34-39-43-47-52(57)58-49(45-41-37-35-38-42-46-50(54)53-48-51(55)56)44-40-36-33-31-29-27-25-18-16-14-12-10-8-6-4-2/h49H,3-48H2,1-2H3,(H,53,54)(H,55,56). The maximum Gasteiger partial charge on any atom is 0.322 e. The molecule has 2 N–H and O–H groups in total. The number of aliphatic carboxylic acids is 1. The van der Waals surface area contributed by atoms with Crippen LogP contribution < -0.4 is 5.32 Å². The summed E-state index contributed by atoms with van der Waals surface area (Å²) in [5.74, 6) is -1.20. The first-order chi connectivity index (χ1) is 28.5. The number of carbonyl (C=O) groups is 3. The molecule has 344 valence electrons. The molecule has 0 aromatic heterocycles. The second-order valence-corrected chi connectivity index (χ2v) is 18.1. The average molecular weight is 820 g/mol. The van der Waals surface area contributed by atoms with Gasteiger partial charge in [-0.25, -0.2) is 0 Å². The Morgan fingerprint density at radius 3 is 0.931 bits per heavy atom. The Morgan fingerprint density at radius 2 is 0.638 bits per heavy atom. The van der Waals surface area contributed by atoms with E-state index in [4.69, 9.17) is 9.84 Å². The van der Waals surface area contributed by atoms with Gasteiger partial charge < -0.3 is 15.2 Å². The molecule has 0 radical (unpaired) electrons. The number of hydrogen-bond donors (Lipinski definition) is 2. The quantitative estimate of drug-likeness (QED) is 0.0471. The zero-order chi connectivity index (χ0) is 42.3. The van der Waals surface area contributed by atoms with E-state index in [9.17, 15) is 14.4 Å². The molecule has 0 aliphatic heterocycles. The lowest BCUT2D eigenvalue weighted by Gasteiger charge is -2.18. The van der Waals surface area contributed by atoms with E-state index in [1.165, 1.54) is 212 Å². The number of unbranched alkanes of at least 4 members (excludes halogenated alkanes) is 38. The number of rotatable bonds is 49. The van der Waals surface area contributed by atoms with Crippen LogP contribution in [-0.2, 0) is 19.1 Å². The van der Waals surface area contributed by atoms with Crippen LogP contribution in [0, 0.1) is 0 Å². The summed E-state index contributed by atoms with van der Waals surface area (Å²) in [6.45, 7) is 4.27. The van der Waals surface area contributed by atoms with Crippen LogP contribution in [0.1, 0.15) is 303 Å². The van der Waals surface area contributed by atoms with Crippen LogP contribution >= 0.6 is 0 Å². The number of nitrogens with one attached hydrogen (secondary N) is 1. The zero-order valence-corrected chi connectivity index (χ0v) is 39.2. The van der Waals surface area contributed by atoms with Crippen molar-refractivity contribution in [2.24, 2.45) is 0 Å². The van der Waals surface area contributed by atoms with Gasteiger partial charge in [0.25, 0.3) is 0 Å². The number of carboxylic acids is 1. The maximum absolute atomic E-state index is 12.9. The van der Waals surface area contributed by atoms with Gasteiger partial charge in [0, 0.05) is 12.8 Å². The van der Waals surface area contributed by atoms with Crippen molar-refractivity contribution in [3.8, 4) is 0 Å². The molecule has 6 heteroatoms. The highest BCUT2D eigenvalue weighted by molar-refractivity contribution is 5.80. The van der Waals surface area contributed by atoms with Gasteiger partial charge in [-0.3, -0.25) is 14.4 Å². The van der Waals surface area contributed by atoms with E-state index in [2.05, 4.69) is 19.2 Å². The Balaban J connectivity index is 4.02. The molecule has 1 unspecified atom stereocenters. The smallest absolute Gasteiger partial charge is 0.322 e. The van der Waals surface area contributed by atoms with E-state index in [0.717, 1.165) is 64.2 Å². The van der Waals surface area contributed by atoms with Gasteiger partial charge in [0.15, 0.2) is 0 Å². The van der Waals surface area contributed by atoms with Gasteiger partial charge >= 0.3 is 11.9 Å². The Kier molecular flexibility index (Phi) is 46.8. The monoisotopic (exact) mass is 820 g/mol. The van der Waals surface area contributed by atoms with E-state index < -0.39 is 5.97 Å². The molecule has 58 heavy (non-hydrogen) atoms. The maximum atomic E-state index is 12.9. The number of esters is 1. The summed E-state index contributed by atoms with van der Waals surface area (Å²) in [5.41, 5.74) is 0. The molecule has 6 nitrogen and oxygen atoms in total. The minimum absolute atomic E-state index is 0.00358. The molecule has 0 aliphatic carbocycles. The van der Waals surface area contributed by atoms with Crippen molar-refractivity contribution in [2.45, 2.75) is 309 Å². The number of hydrogen-bond acceptors (Lipinski definition) is 4. The third-order valence-corrected chi connectivity index (χ3v) is 12.3. The predicted molar refractivity (Wildman–Crippen MR) is 250 cm³/mol. The Bertz CT molecular complexity index is 863. The van der Waals surface area contributed by atoms with Crippen molar-refractivity contribution in [2.75, 3.05) is 6.54 Å².